The number of rotatable bonds is 6. The molecule has 0 saturated carbocycles. The fourth-order valence-electron chi connectivity index (χ4n) is 1.47. The SMILES string of the molecule is COC(=O)C(O)CNC(=O)C(C)Oc1ccccc1C#N. The van der Waals surface area contributed by atoms with Crippen molar-refractivity contribution in [2.24, 2.45) is 0 Å². The number of amides is 1. The average Bonchev–Trinajstić information content (AvgIpc) is 2.51. The number of aliphatic hydroxyl groups is 1. The Bertz CT molecular complexity index is 553. The maximum Gasteiger partial charge on any atom is 0.336 e. The van der Waals surface area contributed by atoms with Crippen molar-refractivity contribution in [2.45, 2.75) is 19.1 Å². The monoisotopic (exact) mass is 292 g/mol. The van der Waals surface area contributed by atoms with Gasteiger partial charge in [0.1, 0.15) is 11.8 Å². The number of nitrogens with zero attached hydrogens (tertiary/aromatic N) is 1. The first-order chi connectivity index (χ1) is 9.99. The molecule has 0 aromatic heterocycles. The molecule has 0 heterocycles. The lowest BCUT2D eigenvalue weighted by Gasteiger charge is -2.16. The van der Waals surface area contributed by atoms with Crippen molar-refractivity contribution < 1.29 is 24.2 Å². The van der Waals surface area contributed by atoms with E-state index in [0.29, 0.717) is 5.56 Å². The predicted molar refractivity (Wildman–Crippen MR) is 72.3 cm³/mol. The van der Waals surface area contributed by atoms with Gasteiger partial charge in [0, 0.05) is 0 Å². The van der Waals surface area contributed by atoms with Crippen LogP contribution in [0.25, 0.3) is 0 Å². The number of esters is 1. The second kappa shape index (κ2) is 7.87. The number of methoxy groups -OCH3 is 1. The largest absolute Gasteiger partial charge is 0.480 e. The van der Waals surface area contributed by atoms with E-state index in [1.807, 2.05) is 6.07 Å². The van der Waals surface area contributed by atoms with E-state index in [4.69, 9.17) is 10.00 Å². The van der Waals surface area contributed by atoms with Gasteiger partial charge in [-0.1, -0.05) is 12.1 Å². The molecule has 1 aromatic carbocycles. The second-order valence-electron chi connectivity index (χ2n) is 4.15. The van der Waals surface area contributed by atoms with Crippen molar-refractivity contribution in [1.82, 2.24) is 5.32 Å². The Morgan fingerprint density at radius 2 is 2.10 bits per heavy atom. The number of aliphatic hydroxyl groups excluding tert-OH is 1. The Labute approximate surface area is 122 Å². The van der Waals surface area contributed by atoms with Gasteiger partial charge in [-0.05, 0) is 19.1 Å². The van der Waals surface area contributed by atoms with Crippen molar-refractivity contribution >= 4 is 11.9 Å². The number of para-hydroxylation sites is 1. The number of carbonyl (C=O) groups excluding carboxylic acids is 2. The zero-order chi connectivity index (χ0) is 15.8. The van der Waals surface area contributed by atoms with Gasteiger partial charge in [0.25, 0.3) is 5.91 Å². The van der Waals surface area contributed by atoms with Gasteiger partial charge in [-0.15, -0.1) is 0 Å². The predicted octanol–water partition coefficient (Wildman–Crippen LogP) is -0.0243. The summed E-state index contributed by atoms with van der Waals surface area (Å²) in [5.41, 5.74) is 0.312. The first kappa shape index (κ1) is 16.5. The van der Waals surface area contributed by atoms with E-state index in [-0.39, 0.29) is 12.3 Å². The summed E-state index contributed by atoms with van der Waals surface area (Å²) in [5, 5.41) is 20.6. The maximum absolute atomic E-state index is 11.8. The van der Waals surface area contributed by atoms with Crippen LogP contribution in [0.4, 0.5) is 0 Å². The molecule has 1 amide bonds. The molecule has 2 N–H and O–H groups in total. The zero-order valence-electron chi connectivity index (χ0n) is 11.7. The zero-order valence-corrected chi connectivity index (χ0v) is 11.7. The maximum atomic E-state index is 11.8. The third kappa shape index (κ3) is 4.78. The molecule has 0 aliphatic rings. The number of hydrogen-bond donors (Lipinski definition) is 2. The highest BCUT2D eigenvalue weighted by Crippen LogP contribution is 2.18. The van der Waals surface area contributed by atoms with E-state index in [1.54, 1.807) is 24.3 Å². The molecule has 0 radical (unpaired) electrons. The third-order valence-electron chi connectivity index (χ3n) is 2.62. The van der Waals surface area contributed by atoms with Crippen LogP contribution in [0.2, 0.25) is 0 Å². The van der Waals surface area contributed by atoms with Crippen LogP contribution in [0.1, 0.15) is 12.5 Å². The molecule has 1 rings (SSSR count). The van der Waals surface area contributed by atoms with Crippen molar-refractivity contribution in [2.75, 3.05) is 13.7 Å². The Morgan fingerprint density at radius 3 is 2.71 bits per heavy atom. The summed E-state index contributed by atoms with van der Waals surface area (Å²) >= 11 is 0. The molecular formula is C14H16N2O5. The number of hydrogen-bond acceptors (Lipinski definition) is 6. The highest BCUT2D eigenvalue weighted by molar-refractivity contribution is 5.82. The Balaban J connectivity index is 2.56. The van der Waals surface area contributed by atoms with Gasteiger partial charge in [-0.25, -0.2) is 4.79 Å². The summed E-state index contributed by atoms with van der Waals surface area (Å²) in [4.78, 5) is 22.8. The van der Waals surface area contributed by atoms with Gasteiger partial charge in [0.15, 0.2) is 12.2 Å². The lowest BCUT2D eigenvalue weighted by atomic mass is 10.2. The molecular weight excluding hydrogens is 276 g/mol. The minimum Gasteiger partial charge on any atom is -0.480 e. The molecule has 21 heavy (non-hydrogen) atoms. The van der Waals surface area contributed by atoms with Crippen molar-refractivity contribution in [3.8, 4) is 11.8 Å². The minimum absolute atomic E-state index is 0.279. The second-order valence-corrected chi connectivity index (χ2v) is 4.15. The third-order valence-corrected chi connectivity index (χ3v) is 2.62. The fourth-order valence-corrected chi connectivity index (χ4v) is 1.47. The molecule has 0 bridgehead atoms. The van der Waals surface area contributed by atoms with Crippen LogP contribution in [0.15, 0.2) is 24.3 Å². The van der Waals surface area contributed by atoms with Crippen LogP contribution in [0.5, 0.6) is 5.75 Å². The van der Waals surface area contributed by atoms with Gasteiger partial charge in [0.05, 0.1) is 19.2 Å². The quantitative estimate of drug-likeness (QED) is 0.713. The number of nitrogens with one attached hydrogen (secondary N) is 1. The highest BCUT2D eigenvalue weighted by atomic mass is 16.5. The molecule has 7 heteroatoms. The van der Waals surface area contributed by atoms with E-state index < -0.39 is 24.1 Å². The van der Waals surface area contributed by atoms with E-state index in [9.17, 15) is 14.7 Å². The summed E-state index contributed by atoms with van der Waals surface area (Å²) in [5.74, 6) is -1.07. The number of nitriles is 1. The fraction of sp³-hybridized carbons (Fsp3) is 0.357. The van der Waals surface area contributed by atoms with Crippen LogP contribution >= 0.6 is 0 Å². The van der Waals surface area contributed by atoms with Crippen LogP contribution in [-0.4, -0.2) is 42.8 Å². The molecule has 7 nitrogen and oxygen atoms in total. The molecule has 0 saturated heterocycles. The van der Waals surface area contributed by atoms with E-state index in [2.05, 4.69) is 10.1 Å². The van der Waals surface area contributed by atoms with Crippen molar-refractivity contribution in [3.63, 3.8) is 0 Å². The van der Waals surface area contributed by atoms with Crippen LogP contribution in [0.3, 0.4) is 0 Å². The lowest BCUT2D eigenvalue weighted by Crippen LogP contribution is -2.42. The number of carbonyl (C=O) groups is 2. The first-order valence-corrected chi connectivity index (χ1v) is 6.19. The molecule has 0 spiro atoms. The Kier molecular flexibility index (Phi) is 6.17. The summed E-state index contributed by atoms with van der Waals surface area (Å²) in [6.45, 7) is 1.22. The summed E-state index contributed by atoms with van der Waals surface area (Å²) < 4.78 is 9.71. The molecule has 2 unspecified atom stereocenters. The van der Waals surface area contributed by atoms with Crippen LogP contribution in [-0.2, 0) is 14.3 Å². The van der Waals surface area contributed by atoms with Gasteiger partial charge in [-0.2, -0.15) is 5.26 Å². The van der Waals surface area contributed by atoms with Gasteiger partial charge >= 0.3 is 5.97 Å². The highest BCUT2D eigenvalue weighted by Gasteiger charge is 2.20. The smallest absolute Gasteiger partial charge is 0.336 e. The van der Waals surface area contributed by atoms with Crippen LogP contribution < -0.4 is 10.1 Å². The van der Waals surface area contributed by atoms with Crippen LogP contribution in [0, 0.1) is 11.3 Å². The molecule has 112 valence electrons. The molecule has 0 fully saturated rings. The Morgan fingerprint density at radius 1 is 1.43 bits per heavy atom. The normalized spacial score (nSPS) is 12.7. The number of ether oxygens (including phenoxy) is 2. The summed E-state index contributed by atoms with van der Waals surface area (Å²) in [6.07, 6.45) is -2.32. The minimum atomic E-state index is -1.43. The molecule has 1 aromatic rings. The standard InChI is InChI=1S/C14H16N2O5/c1-9(13(18)16-8-11(17)14(19)20-2)21-12-6-4-3-5-10(12)7-15/h3-6,9,11,17H,8H2,1-2H3,(H,16,18). The summed E-state index contributed by atoms with van der Waals surface area (Å²) in [6, 6.07) is 8.47. The summed E-state index contributed by atoms with van der Waals surface area (Å²) in [7, 11) is 1.14. The van der Waals surface area contributed by atoms with E-state index >= 15 is 0 Å². The molecule has 0 aliphatic carbocycles. The topological polar surface area (TPSA) is 109 Å². The average molecular weight is 292 g/mol. The van der Waals surface area contributed by atoms with Gasteiger partial charge in [-0.3, -0.25) is 4.79 Å². The Hall–Kier alpha value is -2.59. The van der Waals surface area contributed by atoms with E-state index in [0.717, 1.165) is 7.11 Å². The number of benzene rings is 1. The molecule has 2 atom stereocenters. The lowest BCUT2D eigenvalue weighted by molar-refractivity contribution is -0.150. The van der Waals surface area contributed by atoms with E-state index in [1.165, 1.54) is 6.92 Å². The first-order valence-electron chi connectivity index (χ1n) is 6.19. The molecule has 0 aliphatic heterocycles. The van der Waals surface area contributed by atoms with Crippen molar-refractivity contribution in [1.29, 1.82) is 5.26 Å². The van der Waals surface area contributed by atoms with Gasteiger partial charge < -0.3 is 19.9 Å². The van der Waals surface area contributed by atoms with Crippen molar-refractivity contribution in [3.05, 3.63) is 29.8 Å². The van der Waals surface area contributed by atoms with Gasteiger partial charge in [0.2, 0.25) is 0 Å².